The smallest absolute Gasteiger partial charge is 0.0129 e. The number of hydrogen-bond acceptors (Lipinski definition) is 2. The van der Waals surface area contributed by atoms with Crippen LogP contribution in [0.25, 0.3) is 0 Å². The highest BCUT2D eigenvalue weighted by molar-refractivity contribution is 4.90. The zero-order valence-electron chi connectivity index (χ0n) is 13.4. The first-order valence-electron chi connectivity index (χ1n) is 8.48. The summed E-state index contributed by atoms with van der Waals surface area (Å²) in [4.78, 5) is 2.80. The Morgan fingerprint density at radius 2 is 1.84 bits per heavy atom. The van der Waals surface area contributed by atoms with Crippen LogP contribution in [0.4, 0.5) is 0 Å². The Bertz CT molecular complexity index is 274. The summed E-state index contributed by atoms with van der Waals surface area (Å²) in [6.07, 6.45) is 6.96. The molecule has 2 heteroatoms. The summed E-state index contributed by atoms with van der Waals surface area (Å²) < 4.78 is 0. The fraction of sp³-hybridized carbons (Fsp3) is 1.00. The van der Waals surface area contributed by atoms with E-state index in [1.165, 1.54) is 45.2 Å². The minimum atomic E-state index is 0.362. The van der Waals surface area contributed by atoms with Gasteiger partial charge in [-0.25, -0.2) is 0 Å². The molecule has 1 saturated carbocycles. The molecular weight excluding hydrogens is 232 g/mol. The monoisotopic (exact) mass is 266 g/mol. The van der Waals surface area contributed by atoms with E-state index in [0.29, 0.717) is 6.04 Å². The van der Waals surface area contributed by atoms with Crippen LogP contribution in [0, 0.1) is 23.7 Å². The van der Waals surface area contributed by atoms with E-state index in [1.54, 1.807) is 0 Å². The summed E-state index contributed by atoms with van der Waals surface area (Å²) in [7, 11) is 0. The van der Waals surface area contributed by atoms with E-state index in [9.17, 15) is 0 Å². The van der Waals surface area contributed by atoms with Crippen molar-refractivity contribution in [1.82, 2.24) is 4.90 Å². The van der Waals surface area contributed by atoms with E-state index in [0.717, 1.165) is 29.7 Å². The fourth-order valence-electron chi connectivity index (χ4n) is 4.34. The van der Waals surface area contributed by atoms with Crippen LogP contribution >= 0.6 is 0 Å². The Morgan fingerprint density at radius 1 is 1.11 bits per heavy atom. The highest BCUT2D eigenvalue weighted by Crippen LogP contribution is 2.38. The topological polar surface area (TPSA) is 29.3 Å². The summed E-state index contributed by atoms with van der Waals surface area (Å²) in [6, 6.07) is 1.19. The van der Waals surface area contributed by atoms with Crippen LogP contribution in [0.2, 0.25) is 0 Å². The number of nitrogens with two attached hydrogens (primary N) is 1. The molecule has 2 aliphatic rings. The van der Waals surface area contributed by atoms with Gasteiger partial charge in [0.2, 0.25) is 0 Å². The third kappa shape index (κ3) is 3.72. The van der Waals surface area contributed by atoms with Gasteiger partial charge in [0.25, 0.3) is 0 Å². The van der Waals surface area contributed by atoms with Crippen molar-refractivity contribution in [3.8, 4) is 0 Å². The van der Waals surface area contributed by atoms with Crippen LogP contribution in [0.15, 0.2) is 0 Å². The van der Waals surface area contributed by atoms with Gasteiger partial charge >= 0.3 is 0 Å². The van der Waals surface area contributed by atoms with Gasteiger partial charge in [-0.2, -0.15) is 0 Å². The zero-order chi connectivity index (χ0) is 14.0. The number of hydrogen-bond donors (Lipinski definition) is 1. The van der Waals surface area contributed by atoms with Gasteiger partial charge in [0.05, 0.1) is 0 Å². The minimum Gasteiger partial charge on any atom is -0.328 e. The van der Waals surface area contributed by atoms with Crippen LogP contribution in [-0.4, -0.2) is 30.1 Å². The van der Waals surface area contributed by atoms with E-state index in [-0.39, 0.29) is 0 Å². The van der Waals surface area contributed by atoms with Crippen molar-refractivity contribution in [2.24, 2.45) is 29.4 Å². The molecule has 2 nitrogen and oxygen atoms in total. The molecule has 1 aliphatic carbocycles. The normalized spacial score (nSPS) is 39.5. The first-order valence-corrected chi connectivity index (χ1v) is 8.48. The molecule has 19 heavy (non-hydrogen) atoms. The Kier molecular flexibility index (Phi) is 5.30. The predicted molar refractivity (Wildman–Crippen MR) is 83.1 cm³/mol. The molecule has 112 valence electrons. The van der Waals surface area contributed by atoms with Crippen molar-refractivity contribution < 1.29 is 0 Å². The molecule has 5 atom stereocenters. The molecule has 1 aliphatic heterocycles. The van der Waals surface area contributed by atoms with E-state index in [1.807, 2.05) is 0 Å². The molecule has 2 rings (SSSR count). The van der Waals surface area contributed by atoms with Crippen molar-refractivity contribution in [3.05, 3.63) is 0 Å². The molecule has 0 spiro atoms. The number of nitrogens with zero attached hydrogens (tertiary/aromatic N) is 1. The highest BCUT2D eigenvalue weighted by atomic mass is 15.2. The van der Waals surface area contributed by atoms with Gasteiger partial charge in [-0.3, -0.25) is 4.90 Å². The molecule has 0 amide bonds. The lowest BCUT2D eigenvalue weighted by atomic mass is 9.72. The van der Waals surface area contributed by atoms with E-state index in [4.69, 9.17) is 5.73 Å². The molecule has 1 saturated heterocycles. The van der Waals surface area contributed by atoms with Gasteiger partial charge in [-0.15, -0.1) is 0 Å². The Balaban J connectivity index is 2.03. The van der Waals surface area contributed by atoms with Crippen LogP contribution < -0.4 is 5.73 Å². The molecule has 0 aromatic carbocycles. The van der Waals surface area contributed by atoms with Gasteiger partial charge in [0.1, 0.15) is 0 Å². The van der Waals surface area contributed by atoms with Gasteiger partial charge in [0.15, 0.2) is 0 Å². The highest BCUT2D eigenvalue weighted by Gasteiger charge is 2.36. The molecule has 0 bridgehead atoms. The SMILES string of the molecule is CC1CCC(C(C)C)C(N2CCCC(C(C)N)C2)C1. The quantitative estimate of drug-likeness (QED) is 0.847. The summed E-state index contributed by atoms with van der Waals surface area (Å²) in [5.41, 5.74) is 6.15. The van der Waals surface area contributed by atoms with Crippen LogP contribution in [-0.2, 0) is 0 Å². The van der Waals surface area contributed by atoms with E-state index in [2.05, 4.69) is 32.6 Å². The summed E-state index contributed by atoms with van der Waals surface area (Å²) in [5, 5.41) is 0. The van der Waals surface area contributed by atoms with Crippen molar-refractivity contribution in [3.63, 3.8) is 0 Å². The molecule has 5 unspecified atom stereocenters. The number of piperidine rings is 1. The molecular formula is C17H34N2. The van der Waals surface area contributed by atoms with Crippen molar-refractivity contribution in [1.29, 1.82) is 0 Å². The molecule has 2 fully saturated rings. The number of likely N-dealkylation sites (tertiary alicyclic amines) is 1. The third-order valence-electron chi connectivity index (χ3n) is 5.69. The van der Waals surface area contributed by atoms with Gasteiger partial charge in [-0.1, -0.05) is 27.2 Å². The van der Waals surface area contributed by atoms with Crippen LogP contribution in [0.3, 0.4) is 0 Å². The van der Waals surface area contributed by atoms with Gasteiger partial charge in [-0.05, 0) is 62.8 Å². The van der Waals surface area contributed by atoms with Crippen molar-refractivity contribution in [2.45, 2.75) is 71.9 Å². The first-order chi connectivity index (χ1) is 8.99. The second kappa shape index (κ2) is 6.58. The standard InChI is InChI=1S/C17H34N2/c1-12(2)16-8-7-13(3)10-17(16)19-9-5-6-15(11-19)14(4)18/h12-17H,5-11,18H2,1-4H3. The average molecular weight is 266 g/mol. The second-order valence-corrected chi connectivity index (χ2v) is 7.65. The van der Waals surface area contributed by atoms with E-state index >= 15 is 0 Å². The maximum absolute atomic E-state index is 6.15. The lowest BCUT2D eigenvalue weighted by Crippen LogP contribution is -2.52. The van der Waals surface area contributed by atoms with E-state index < -0.39 is 0 Å². The fourth-order valence-corrected chi connectivity index (χ4v) is 4.34. The molecule has 1 heterocycles. The Hall–Kier alpha value is -0.0800. The average Bonchev–Trinajstić information content (AvgIpc) is 2.38. The van der Waals surface area contributed by atoms with Crippen molar-refractivity contribution >= 4 is 0 Å². The van der Waals surface area contributed by atoms with Gasteiger partial charge < -0.3 is 5.73 Å². The summed E-state index contributed by atoms with van der Waals surface area (Å²) >= 11 is 0. The third-order valence-corrected chi connectivity index (χ3v) is 5.69. The van der Waals surface area contributed by atoms with Crippen LogP contribution in [0.5, 0.6) is 0 Å². The maximum Gasteiger partial charge on any atom is 0.0129 e. The van der Waals surface area contributed by atoms with Crippen LogP contribution in [0.1, 0.15) is 59.8 Å². The lowest BCUT2D eigenvalue weighted by Gasteiger charge is -2.47. The lowest BCUT2D eigenvalue weighted by molar-refractivity contribution is 0.0263. The summed E-state index contributed by atoms with van der Waals surface area (Å²) in [6.45, 7) is 12.0. The summed E-state index contributed by atoms with van der Waals surface area (Å²) in [5.74, 6) is 3.37. The van der Waals surface area contributed by atoms with Gasteiger partial charge in [0, 0.05) is 18.6 Å². The molecule has 0 aromatic rings. The maximum atomic E-state index is 6.15. The first kappa shape index (κ1) is 15.3. The predicted octanol–water partition coefficient (Wildman–Crippen LogP) is 3.51. The largest absolute Gasteiger partial charge is 0.328 e. The second-order valence-electron chi connectivity index (χ2n) is 7.65. The number of rotatable bonds is 3. The Labute approximate surface area is 120 Å². The molecule has 0 aromatic heterocycles. The minimum absolute atomic E-state index is 0.362. The molecule has 0 radical (unpaired) electrons. The van der Waals surface area contributed by atoms with Crippen molar-refractivity contribution in [2.75, 3.05) is 13.1 Å². The molecule has 2 N–H and O–H groups in total. The zero-order valence-corrected chi connectivity index (χ0v) is 13.4. The Morgan fingerprint density at radius 3 is 2.47 bits per heavy atom.